The Morgan fingerprint density at radius 3 is 2.62 bits per heavy atom. The van der Waals surface area contributed by atoms with Crippen LogP contribution in [0.2, 0.25) is 0 Å². The molecule has 29 heavy (non-hydrogen) atoms. The quantitative estimate of drug-likeness (QED) is 0.622. The summed E-state index contributed by atoms with van der Waals surface area (Å²) in [5, 5.41) is 11.4. The van der Waals surface area contributed by atoms with Gasteiger partial charge in [-0.05, 0) is 29.8 Å². The van der Waals surface area contributed by atoms with Crippen LogP contribution in [0.5, 0.6) is 0 Å². The van der Waals surface area contributed by atoms with E-state index in [2.05, 4.69) is 4.98 Å². The number of likely N-dealkylation sites (N-methyl/N-ethyl adjacent to an activating group) is 1. The number of aliphatic hydroxyl groups excluding tert-OH is 1. The number of furan rings is 1. The van der Waals surface area contributed by atoms with E-state index >= 15 is 0 Å². The van der Waals surface area contributed by atoms with Crippen molar-refractivity contribution in [2.45, 2.75) is 6.04 Å². The molecule has 1 atom stereocenters. The zero-order chi connectivity index (χ0) is 20.5. The predicted molar refractivity (Wildman–Crippen MR) is 107 cm³/mol. The number of carbonyl (C=O) groups excluding carboxylic acids is 2. The van der Waals surface area contributed by atoms with E-state index in [1.165, 1.54) is 4.90 Å². The highest BCUT2D eigenvalue weighted by molar-refractivity contribution is 6.16. The Morgan fingerprint density at radius 2 is 1.93 bits per heavy atom. The van der Waals surface area contributed by atoms with Crippen molar-refractivity contribution >= 4 is 22.7 Å². The minimum Gasteiger partial charge on any atom is -0.503 e. The number of aromatic nitrogens is 1. The van der Waals surface area contributed by atoms with Crippen molar-refractivity contribution in [3.63, 3.8) is 0 Å². The monoisotopic (exact) mass is 392 g/mol. The largest absolute Gasteiger partial charge is 0.503 e. The number of aliphatic hydroxyl groups is 1. The minimum absolute atomic E-state index is 0.0361. The third kappa shape index (κ3) is 3.40. The first kappa shape index (κ1) is 18.9. The van der Waals surface area contributed by atoms with Gasteiger partial charge in [0.25, 0.3) is 5.91 Å². The molecule has 0 spiro atoms. The SMILES string of the molecule is C[NH+](C)CCN1C(=O)C(O)=C(C(=O)c2cc3ccccc3o2)[C@H]1c1ccncc1. The van der Waals surface area contributed by atoms with Gasteiger partial charge in [-0.3, -0.25) is 14.6 Å². The van der Waals surface area contributed by atoms with Crippen LogP contribution in [0.15, 0.2) is 70.6 Å². The third-order valence-electron chi connectivity index (χ3n) is 5.07. The van der Waals surface area contributed by atoms with E-state index in [4.69, 9.17) is 4.42 Å². The molecule has 7 heteroatoms. The number of benzene rings is 1. The van der Waals surface area contributed by atoms with Crippen molar-refractivity contribution in [3.05, 3.63) is 77.5 Å². The number of rotatable bonds is 6. The number of pyridine rings is 1. The highest BCUT2D eigenvalue weighted by atomic mass is 16.3. The second kappa shape index (κ2) is 7.52. The van der Waals surface area contributed by atoms with Crippen LogP contribution in [-0.2, 0) is 4.79 Å². The minimum atomic E-state index is -0.689. The molecule has 4 rings (SSSR count). The fourth-order valence-electron chi connectivity index (χ4n) is 3.58. The molecule has 0 saturated carbocycles. The number of quaternary nitrogens is 1. The summed E-state index contributed by atoms with van der Waals surface area (Å²) in [6.45, 7) is 1.07. The molecule has 7 nitrogen and oxygen atoms in total. The molecule has 0 radical (unpaired) electrons. The molecular weight excluding hydrogens is 370 g/mol. The van der Waals surface area contributed by atoms with Crippen LogP contribution in [0.1, 0.15) is 22.2 Å². The lowest BCUT2D eigenvalue weighted by atomic mass is 9.95. The standard InChI is InChI=1S/C22H21N3O4/c1-24(2)11-12-25-19(14-7-9-23-10-8-14)18(21(27)22(25)28)20(26)17-13-15-5-3-4-6-16(15)29-17/h3-10,13,19,27H,11-12H2,1-2H3/p+1/t19-/m1/s1. The van der Waals surface area contributed by atoms with Crippen molar-refractivity contribution in [1.29, 1.82) is 0 Å². The van der Waals surface area contributed by atoms with Crippen molar-refractivity contribution in [2.75, 3.05) is 27.2 Å². The van der Waals surface area contributed by atoms with Gasteiger partial charge in [0.15, 0.2) is 11.5 Å². The fourth-order valence-corrected chi connectivity index (χ4v) is 3.58. The van der Waals surface area contributed by atoms with Crippen molar-refractivity contribution in [1.82, 2.24) is 9.88 Å². The number of Topliss-reactive ketones (excluding diaryl/α,β-unsaturated/α-hetero) is 1. The average Bonchev–Trinajstić information content (AvgIpc) is 3.26. The lowest BCUT2D eigenvalue weighted by Gasteiger charge is -2.26. The molecule has 0 saturated heterocycles. The topological polar surface area (TPSA) is 88.1 Å². The van der Waals surface area contributed by atoms with Gasteiger partial charge < -0.3 is 19.3 Å². The molecule has 3 aromatic rings. The zero-order valence-corrected chi connectivity index (χ0v) is 16.3. The maximum Gasteiger partial charge on any atom is 0.290 e. The molecule has 0 fully saturated rings. The summed E-state index contributed by atoms with van der Waals surface area (Å²) in [5.41, 5.74) is 1.33. The van der Waals surface area contributed by atoms with E-state index in [1.54, 1.807) is 36.7 Å². The highest BCUT2D eigenvalue weighted by Gasteiger charge is 2.44. The molecule has 148 valence electrons. The van der Waals surface area contributed by atoms with Crippen molar-refractivity contribution in [2.24, 2.45) is 0 Å². The summed E-state index contributed by atoms with van der Waals surface area (Å²) in [7, 11) is 3.96. The zero-order valence-electron chi connectivity index (χ0n) is 16.3. The molecule has 2 aromatic heterocycles. The number of para-hydroxylation sites is 1. The van der Waals surface area contributed by atoms with E-state index in [9.17, 15) is 14.7 Å². The number of nitrogens with zero attached hydrogens (tertiary/aromatic N) is 2. The summed E-state index contributed by atoms with van der Waals surface area (Å²) in [5.74, 6) is -1.47. The number of nitrogens with one attached hydrogen (secondary N) is 1. The van der Waals surface area contributed by atoms with E-state index in [-0.39, 0.29) is 11.3 Å². The van der Waals surface area contributed by atoms with Gasteiger partial charge in [-0.15, -0.1) is 0 Å². The Bertz CT molecular complexity index is 1070. The normalized spacial score (nSPS) is 17.0. The van der Waals surface area contributed by atoms with E-state index in [0.29, 0.717) is 24.2 Å². The van der Waals surface area contributed by atoms with Crippen LogP contribution in [0.3, 0.4) is 0 Å². The average molecular weight is 392 g/mol. The summed E-state index contributed by atoms with van der Waals surface area (Å²) >= 11 is 0. The summed E-state index contributed by atoms with van der Waals surface area (Å²) in [6.07, 6.45) is 3.21. The number of amides is 1. The second-order valence-corrected chi connectivity index (χ2v) is 7.38. The lowest BCUT2D eigenvalue weighted by Crippen LogP contribution is -3.06. The van der Waals surface area contributed by atoms with Gasteiger partial charge >= 0.3 is 0 Å². The van der Waals surface area contributed by atoms with Crippen LogP contribution >= 0.6 is 0 Å². The first-order chi connectivity index (χ1) is 14.0. The Morgan fingerprint density at radius 1 is 1.21 bits per heavy atom. The number of carbonyl (C=O) groups is 2. The summed E-state index contributed by atoms with van der Waals surface area (Å²) < 4.78 is 5.70. The summed E-state index contributed by atoms with van der Waals surface area (Å²) in [6, 6.07) is 11.7. The van der Waals surface area contributed by atoms with Crippen molar-refractivity contribution in [3.8, 4) is 0 Å². The Labute approximate surface area is 167 Å². The van der Waals surface area contributed by atoms with Crippen molar-refractivity contribution < 1.29 is 24.0 Å². The van der Waals surface area contributed by atoms with Crippen LogP contribution in [-0.4, -0.2) is 53.9 Å². The molecule has 0 bridgehead atoms. The van der Waals surface area contributed by atoms with Gasteiger partial charge in [0, 0.05) is 17.8 Å². The smallest absolute Gasteiger partial charge is 0.290 e. The maximum absolute atomic E-state index is 13.3. The molecule has 1 aliphatic heterocycles. The van der Waals surface area contributed by atoms with Crippen LogP contribution in [0, 0.1) is 0 Å². The first-order valence-electron chi connectivity index (χ1n) is 9.43. The Balaban J connectivity index is 1.78. The van der Waals surface area contributed by atoms with E-state index in [0.717, 1.165) is 10.3 Å². The molecule has 1 aromatic carbocycles. The molecule has 2 N–H and O–H groups in total. The van der Waals surface area contributed by atoms with Gasteiger partial charge in [0.05, 0.1) is 38.8 Å². The van der Waals surface area contributed by atoms with Crippen LogP contribution < -0.4 is 4.90 Å². The Kier molecular flexibility index (Phi) is 4.90. The second-order valence-electron chi connectivity index (χ2n) is 7.38. The number of ketones is 1. The van der Waals surface area contributed by atoms with E-state index < -0.39 is 23.5 Å². The summed E-state index contributed by atoms with van der Waals surface area (Å²) in [4.78, 5) is 32.9. The molecule has 0 unspecified atom stereocenters. The van der Waals surface area contributed by atoms with Gasteiger partial charge in [0.1, 0.15) is 5.58 Å². The lowest BCUT2D eigenvalue weighted by molar-refractivity contribution is -0.857. The first-order valence-corrected chi connectivity index (χ1v) is 9.43. The fraction of sp³-hybridized carbons (Fsp3) is 0.227. The third-order valence-corrected chi connectivity index (χ3v) is 5.07. The molecule has 1 aliphatic rings. The van der Waals surface area contributed by atoms with Gasteiger partial charge in [-0.25, -0.2) is 0 Å². The van der Waals surface area contributed by atoms with Gasteiger partial charge in [-0.2, -0.15) is 0 Å². The maximum atomic E-state index is 13.3. The van der Waals surface area contributed by atoms with Crippen LogP contribution in [0.4, 0.5) is 0 Å². The van der Waals surface area contributed by atoms with Gasteiger partial charge in [-0.1, -0.05) is 18.2 Å². The molecule has 1 amide bonds. The van der Waals surface area contributed by atoms with Gasteiger partial charge in [0.2, 0.25) is 5.78 Å². The predicted octanol–water partition coefficient (Wildman–Crippen LogP) is 1.55. The number of hydrogen-bond donors (Lipinski definition) is 2. The molecular formula is C22H22N3O4+. The number of fused-ring (bicyclic) bond motifs is 1. The van der Waals surface area contributed by atoms with Crippen LogP contribution in [0.25, 0.3) is 11.0 Å². The number of hydrogen-bond acceptors (Lipinski definition) is 5. The molecule has 3 heterocycles. The van der Waals surface area contributed by atoms with E-state index in [1.807, 2.05) is 32.3 Å². The Hall–Kier alpha value is -3.45. The molecule has 0 aliphatic carbocycles. The highest BCUT2D eigenvalue weighted by Crippen LogP contribution is 2.39.